The Hall–Kier alpha value is -0.790. The first-order valence-electron chi connectivity index (χ1n) is 2.66. The first kappa shape index (κ1) is 11.2. The molecule has 72 valence electrons. The Morgan fingerprint density at radius 3 is 2.00 bits per heavy atom. The summed E-state index contributed by atoms with van der Waals surface area (Å²) in [4.78, 5) is 0. The smallest absolute Gasteiger partial charge is 0.323 e. The van der Waals surface area contributed by atoms with Gasteiger partial charge in [-0.25, -0.2) is 4.58 Å². The summed E-state index contributed by atoms with van der Waals surface area (Å²) < 4.78 is 59.4. The largest absolute Gasteiger partial charge is 0.534 e. The lowest BCUT2D eigenvalue weighted by atomic mass is 11.1. The first-order valence-corrected chi connectivity index (χ1v) is 4.07. The van der Waals surface area contributed by atoms with E-state index in [0.29, 0.717) is 6.40 Å². The van der Waals surface area contributed by atoms with Gasteiger partial charge in [0, 0.05) is 0 Å². The van der Waals surface area contributed by atoms with Crippen molar-refractivity contribution < 1.29 is 30.3 Å². The fourth-order valence-electron chi connectivity index (χ4n) is 0.197. The van der Waals surface area contributed by atoms with Crippen LogP contribution in [0.25, 0.3) is 0 Å². The van der Waals surface area contributed by atoms with Gasteiger partial charge in [0.15, 0.2) is 0 Å². The number of hydrogen-bond donors (Lipinski definition) is 0. The van der Waals surface area contributed by atoms with Crippen LogP contribution in [0.4, 0.5) is 13.2 Å². The van der Waals surface area contributed by atoms with Crippen molar-refractivity contribution in [2.24, 2.45) is 0 Å². The van der Waals surface area contributed by atoms with E-state index in [2.05, 4.69) is 4.18 Å². The maximum atomic E-state index is 11.5. The highest BCUT2D eigenvalue weighted by Gasteiger charge is 2.48. The predicted octanol–water partition coefficient (Wildman–Crippen LogP) is 0.153. The van der Waals surface area contributed by atoms with Gasteiger partial charge in [-0.2, -0.15) is 21.6 Å². The van der Waals surface area contributed by atoms with Gasteiger partial charge >= 0.3 is 22.0 Å². The second-order valence-corrected chi connectivity index (χ2v) is 3.63. The van der Waals surface area contributed by atoms with Crippen LogP contribution in [0.2, 0.25) is 0 Å². The van der Waals surface area contributed by atoms with Crippen molar-refractivity contribution in [1.29, 1.82) is 0 Å². The van der Waals surface area contributed by atoms with E-state index in [1.807, 2.05) is 0 Å². The number of rotatable bonds is 2. The van der Waals surface area contributed by atoms with Gasteiger partial charge in [-0.15, -0.1) is 0 Å². The Labute approximate surface area is 67.4 Å². The minimum atomic E-state index is -5.49. The molecule has 12 heavy (non-hydrogen) atoms. The van der Waals surface area contributed by atoms with Crippen LogP contribution in [0.3, 0.4) is 0 Å². The zero-order valence-electron chi connectivity index (χ0n) is 6.29. The van der Waals surface area contributed by atoms with Crippen molar-refractivity contribution in [2.75, 3.05) is 14.1 Å². The molecule has 0 radical (unpaired) electrons. The second kappa shape index (κ2) is 3.30. The van der Waals surface area contributed by atoms with Gasteiger partial charge in [-0.1, -0.05) is 0 Å². The molecule has 0 heterocycles. The molecule has 0 aromatic carbocycles. The summed E-state index contributed by atoms with van der Waals surface area (Å²) in [5.41, 5.74) is -5.38. The molecule has 0 aromatic heterocycles. The summed E-state index contributed by atoms with van der Waals surface area (Å²) in [6.45, 7) is 0. The Morgan fingerprint density at radius 1 is 1.33 bits per heavy atom. The first-order chi connectivity index (χ1) is 5.17. The number of hydrogen-bond acceptors (Lipinski definition) is 3. The number of nitrogens with zero attached hydrogens (tertiary/aromatic N) is 1. The molecule has 0 rings (SSSR count). The molecule has 0 aliphatic carbocycles. The van der Waals surface area contributed by atoms with Gasteiger partial charge in [0.05, 0.1) is 0 Å². The lowest BCUT2D eigenvalue weighted by molar-refractivity contribution is -0.466. The third-order valence-corrected chi connectivity index (χ3v) is 1.57. The Kier molecular flexibility index (Phi) is 3.08. The van der Waals surface area contributed by atoms with Crippen LogP contribution < -0.4 is 0 Å². The lowest BCUT2D eigenvalue weighted by Crippen LogP contribution is -2.26. The maximum absolute atomic E-state index is 11.5. The SMILES string of the molecule is C[N+](C)=COS(=O)(=O)C(F)(F)F. The van der Waals surface area contributed by atoms with Gasteiger partial charge in [0.2, 0.25) is 0 Å². The van der Waals surface area contributed by atoms with Crippen LogP contribution >= 0.6 is 0 Å². The van der Waals surface area contributed by atoms with E-state index >= 15 is 0 Å². The molecule has 0 fully saturated rings. The summed E-state index contributed by atoms with van der Waals surface area (Å²) in [6, 6.07) is 0. The fourth-order valence-corrected chi connectivity index (χ4v) is 0.592. The van der Waals surface area contributed by atoms with Gasteiger partial charge in [0.1, 0.15) is 14.1 Å². The minimum Gasteiger partial charge on any atom is -0.323 e. The molecule has 0 amide bonds. The second-order valence-electron chi connectivity index (χ2n) is 2.07. The van der Waals surface area contributed by atoms with Crippen LogP contribution in [-0.2, 0) is 14.3 Å². The summed E-state index contributed by atoms with van der Waals surface area (Å²) in [5.74, 6) is 0. The normalized spacial score (nSPS) is 12.4. The fraction of sp³-hybridized carbons (Fsp3) is 0.750. The van der Waals surface area contributed by atoms with Crippen LogP contribution in [0, 0.1) is 0 Å². The van der Waals surface area contributed by atoms with E-state index in [1.54, 1.807) is 0 Å². The predicted molar refractivity (Wildman–Crippen MR) is 34.2 cm³/mol. The standard InChI is InChI=1S/C4H7F3NO3S/c1-8(2)3-11-12(9,10)4(5,6)7/h3H,1-2H3/q+1. The van der Waals surface area contributed by atoms with Crippen LogP contribution in [0.1, 0.15) is 0 Å². The van der Waals surface area contributed by atoms with Crippen molar-refractivity contribution in [3.63, 3.8) is 0 Å². The molecule has 0 aliphatic heterocycles. The summed E-state index contributed by atoms with van der Waals surface area (Å²) >= 11 is 0. The average Bonchev–Trinajstić information content (AvgIpc) is 1.81. The van der Waals surface area contributed by atoms with Crippen LogP contribution in [0.15, 0.2) is 0 Å². The molecule has 0 N–H and O–H groups in total. The van der Waals surface area contributed by atoms with E-state index < -0.39 is 15.6 Å². The Balaban J connectivity index is 4.59. The van der Waals surface area contributed by atoms with Crippen molar-refractivity contribution >= 4 is 16.5 Å². The maximum Gasteiger partial charge on any atom is 0.534 e. The Bertz CT molecular complexity index is 274. The molecular weight excluding hydrogens is 199 g/mol. The quantitative estimate of drug-likeness (QED) is 0.212. The van der Waals surface area contributed by atoms with Gasteiger partial charge in [-0.3, -0.25) is 0 Å². The molecule has 0 unspecified atom stereocenters. The van der Waals surface area contributed by atoms with Crippen molar-refractivity contribution in [1.82, 2.24) is 0 Å². The highest BCUT2D eigenvalue weighted by atomic mass is 32.2. The molecule has 0 aliphatic rings. The van der Waals surface area contributed by atoms with Crippen LogP contribution in [0.5, 0.6) is 0 Å². The topological polar surface area (TPSA) is 46.4 Å². The zero-order chi connectivity index (χ0) is 9.99. The van der Waals surface area contributed by atoms with Gasteiger partial charge in [-0.05, 0) is 0 Å². The summed E-state index contributed by atoms with van der Waals surface area (Å²) in [5, 5.41) is 0. The van der Waals surface area contributed by atoms with Gasteiger partial charge in [0.25, 0.3) is 0 Å². The van der Waals surface area contributed by atoms with Crippen molar-refractivity contribution in [2.45, 2.75) is 5.51 Å². The minimum absolute atomic E-state index is 0.447. The zero-order valence-corrected chi connectivity index (χ0v) is 7.11. The van der Waals surface area contributed by atoms with Crippen molar-refractivity contribution in [3.8, 4) is 0 Å². The van der Waals surface area contributed by atoms with E-state index in [9.17, 15) is 21.6 Å². The molecule has 0 saturated carbocycles. The summed E-state index contributed by atoms with van der Waals surface area (Å²) in [6.07, 6.45) is 0.447. The third kappa shape index (κ3) is 3.07. The average molecular weight is 206 g/mol. The molecular formula is C4H7F3NO3S+. The molecule has 0 saturated heterocycles. The molecule has 0 spiro atoms. The molecule has 0 aromatic rings. The van der Waals surface area contributed by atoms with Crippen LogP contribution in [-0.4, -0.2) is 39.0 Å². The van der Waals surface area contributed by atoms with Crippen molar-refractivity contribution in [3.05, 3.63) is 0 Å². The van der Waals surface area contributed by atoms with E-state index in [4.69, 9.17) is 0 Å². The number of alkyl halides is 3. The highest BCUT2D eigenvalue weighted by molar-refractivity contribution is 7.87. The number of halogens is 3. The van der Waals surface area contributed by atoms with E-state index in [0.717, 1.165) is 4.58 Å². The van der Waals surface area contributed by atoms with E-state index in [-0.39, 0.29) is 0 Å². The third-order valence-electron chi connectivity index (χ3n) is 0.664. The Morgan fingerprint density at radius 2 is 1.75 bits per heavy atom. The highest BCUT2D eigenvalue weighted by Crippen LogP contribution is 2.23. The van der Waals surface area contributed by atoms with E-state index in [1.165, 1.54) is 14.1 Å². The molecule has 4 nitrogen and oxygen atoms in total. The molecule has 0 atom stereocenters. The summed E-state index contributed by atoms with van der Waals surface area (Å²) in [7, 11) is -2.84. The molecule has 8 heteroatoms. The van der Waals surface area contributed by atoms with Gasteiger partial charge < -0.3 is 4.18 Å². The molecule has 0 bridgehead atoms. The lowest BCUT2D eigenvalue weighted by Gasteiger charge is -2.03. The monoisotopic (exact) mass is 206 g/mol.